The molecule has 0 saturated heterocycles. The first-order chi connectivity index (χ1) is 3.31. The molecule has 5 heteroatoms. The van der Waals surface area contributed by atoms with Crippen LogP contribution < -0.4 is 22.0 Å². The maximum Gasteiger partial charge on any atom is 0.0429 e. The van der Waals surface area contributed by atoms with Crippen molar-refractivity contribution in [3.8, 4) is 0 Å². The molecule has 0 aliphatic heterocycles. The zero-order valence-corrected chi connectivity index (χ0v) is 4.28. The van der Waals surface area contributed by atoms with Gasteiger partial charge in [0.2, 0.25) is 0 Å². The van der Waals surface area contributed by atoms with Crippen LogP contribution >= 0.6 is 0 Å². The van der Waals surface area contributed by atoms with Gasteiger partial charge < -0.3 is 5.84 Å². The fourth-order valence-corrected chi connectivity index (χ4v) is 0.228. The van der Waals surface area contributed by atoms with Crippen molar-refractivity contribution in [2.24, 2.45) is 5.84 Å². The topological polar surface area (TPSA) is 78.3 Å². The minimum absolute atomic E-state index is 0.155. The van der Waals surface area contributed by atoms with Gasteiger partial charge >= 0.3 is 0 Å². The molecule has 0 spiro atoms. The average molecular weight is 105 g/mol. The summed E-state index contributed by atoms with van der Waals surface area (Å²) in [7, 11) is 0. The quantitative estimate of drug-likeness (QED) is 0.242. The lowest BCUT2D eigenvalue weighted by Crippen LogP contribution is -3.20. The third-order valence-corrected chi connectivity index (χ3v) is 0.498. The first-order valence-corrected chi connectivity index (χ1v) is 2.10. The summed E-state index contributed by atoms with van der Waals surface area (Å²) >= 11 is 0. The second-order valence-corrected chi connectivity index (χ2v) is 1.05. The highest BCUT2D eigenvalue weighted by Crippen LogP contribution is 1.33. The van der Waals surface area contributed by atoms with Crippen molar-refractivity contribution >= 4 is 0 Å². The summed E-state index contributed by atoms with van der Waals surface area (Å²) in [4.78, 5) is 0. The molecule has 0 radical (unpaired) electrons. The predicted octanol–water partition coefficient (Wildman–Crippen LogP) is -2.26. The molecule has 1 atom stereocenters. The predicted molar refractivity (Wildman–Crippen MR) is 26.3 cm³/mol. The van der Waals surface area contributed by atoms with Gasteiger partial charge in [0.15, 0.2) is 0 Å². The Labute approximate surface area is 42.5 Å². The molecule has 0 amide bonds. The Morgan fingerprint density at radius 1 is 1.86 bits per heavy atom. The van der Waals surface area contributed by atoms with Crippen LogP contribution in [0.2, 0.25) is 0 Å². The van der Waals surface area contributed by atoms with E-state index in [1.165, 1.54) is 0 Å². The summed E-state index contributed by atoms with van der Waals surface area (Å²) in [6.07, 6.45) is 0. The van der Waals surface area contributed by atoms with Crippen LogP contribution in [0.5, 0.6) is 0 Å². The molecular formula is C2H11N5. The van der Waals surface area contributed by atoms with Gasteiger partial charge in [-0.15, -0.1) is 0 Å². The minimum Gasteiger partial charge on any atom is -0.426 e. The molecule has 0 aliphatic rings. The van der Waals surface area contributed by atoms with Gasteiger partial charge in [-0.25, -0.2) is 11.1 Å². The monoisotopic (exact) mass is 105 g/mol. The van der Waals surface area contributed by atoms with Crippen LogP contribution in [0.15, 0.2) is 0 Å². The molecule has 0 bridgehead atoms. The standard InChI is InChI=1S/C2H11N5/c1-2-5-7(4)6-3/h4-7H,2-3H2,1H3. The Kier molecular flexibility index (Phi) is 3.86. The van der Waals surface area contributed by atoms with Crippen molar-refractivity contribution in [1.29, 1.82) is 0 Å². The molecule has 44 valence electrons. The van der Waals surface area contributed by atoms with Gasteiger partial charge in [0.25, 0.3) is 0 Å². The molecule has 0 aromatic heterocycles. The molecule has 0 rings (SSSR count). The van der Waals surface area contributed by atoms with Crippen molar-refractivity contribution in [2.75, 3.05) is 6.54 Å². The number of nitrogens with one attached hydrogen (secondary N) is 4. The zero-order chi connectivity index (χ0) is 5.70. The van der Waals surface area contributed by atoms with E-state index in [2.05, 4.69) is 11.0 Å². The van der Waals surface area contributed by atoms with E-state index in [0.717, 1.165) is 6.54 Å². The van der Waals surface area contributed by atoms with E-state index in [4.69, 9.17) is 11.7 Å². The van der Waals surface area contributed by atoms with Gasteiger partial charge in [0, 0.05) is 6.54 Å². The highest BCUT2D eigenvalue weighted by molar-refractivity contribution is 4.09. The molecule has 0 saturated carbocycles. The molecule has 0 heterocycles. The van der Waals surface area contributed by atoms with Gasteiger partial charge in [-0.1, -0.05) is 5.53 Å². The van der Waals surface area contributed by atoms with E-state index in [1.54, 1.807) is 0 Å². The van der Waals surface area contributed by atoms with Gasteiger partial charge in [-0.3, -0.25) is 0 Å². The van der Waals surface area contributed by atoms with Crippen LogP contribution in [0.3, 0.4) is 0 Å². The number of quaternary nitrogens is 1. The Balaban J connectivity index is 2.83. The zero-order valence-electron chi connectivity index (χ0n) is 4.28. The summed E-state index contributed by atoms with van der Waals surface area (Å²) in [6.45, 7) is 2.62. The summed E-state index contributed by atoms with van der Waals surface area (Å²) < 4.78 is 0. The summed E-state index contributed by atoms with van der Waals surface area (Å²) in [6, 6.07) is 0. The van der Waals surface area contributed by atoms with E-state index < -0.39 is 0 Å². The van der Waals surface area contributed by atoms with Gasteiger partial charge in [-0.2, -0.15) is 5.43 Å². The molecule has 0 aromatic rings. The number of hydrazine groups is 1. The second kappa shape index (κ2) is 3.97. The Bertz CT molecular complexity index is 37.1. The van der Waals surface area contributed by atoms with Crippen molar-refractivity contribution < 1.29 is 5.23 Å². The fourth-order valence-electron chi connectivity index (χ4n) is 0.228. The molecular weight excluding hydrogens is 94.1 g/mol. The van der Waals surface area contributed by atoms with E-state index >= 15 is 0 Å². The number of hydrogen-bond acceptors (Lipinski definition) is 3. The van der Waals surface area contributed by atoms with E-state index in [0.29, 0.717) is 0 Å². The summed E-state index contributed by atoms with van der Waals surface area (Å²) in [5, 5.41) is 0.155. The van der Waals surface area contributed by atoms with Crippen molar-refractivity contribution in [1.82, 2.24) is 11.0 Å². The van der Waals surface area contributed by atoms with Crippen LogP contribution in [0.25, 0.3) is 5.84 Å². The third-order valence-electron chi connectivity index (χ3n) is 0.498. The minimum atomic E-state index is 0.155. The maximum absolute atomic E-state index is 6.79. The van der Waals surface area contributed by atoms with Crippen LogP contribution in [-0.4, -0.2) is 6.54 Å². The molecule has 6 N–H and O–H groups in total. The second-order valence-electron chi connectivity index (χ2n) is 1.05. The molecule has 0 fully saturated rings. The molecule has 7 heavy (non-hydrogen) atoms. The summed E-state index contributed by atoms with van der Waals surface area (Å²) in [5.74, 6) is 11.6. The van der Waals surface area contributed by atoms with Crippen LogP contribution in [0.1, 0.15) is 6.92 Å². The number of hydrogen-bond donors (Lipinski definition) is 4. The fraction of sp³-hybridized carbons (Fsp3) is 1.00. The third kappa shape index (κ3) is 3.64. The van der Waals surface area contributed by atoms with E-state index in [-0.39, 0.29) is 5.23 Å². The Hall–Kier alpha value is -0.200. The van der Waals surface area contributed by atoms with Crippen LogP contribution in [-0.2, 0) is 0 Å². The lowest BCUT2D eigenvalue weighted by Gasteiger charge is -2.16. The van der Waals surface area contributed by atoms with Gasteiger partial charge in [0.1, 0.15) is 0 Å². The van der Waals surface area contributed by atoms with Crippen molar-refractivity contribution in [3.05, 3.63) is 5.84 Å². The maximum atomic E-state index is 6.79. The Morgan fingerprint density at radius 3 is 2.57 bits per heavy atom. The molecule has 0 aromatic carbocycles. The first-order valence-electron chi connectivity index (χ1n) is 2.10. The van der Waals surface area contributed by atoms with Crippen LogP contribution in [0.4, 0.5) is 0 Å². The molecule has 0 aliphatic carbocycles. The van der Waals surface area contributed by atoms with Gasteiger partial charge in [0.05, 0.1) is 0 Å². The number of nitrogens with two attached hydrogens (primary N) is 1. The highest BCUT2D eigenvalue weighted by atomic mass is 15.9. The lowest BCUT2D eigenvalue weighted by molar-refractivity contribution is -0.943. The first kappa shape index (κ1) is 6.80. The Morgan fingerprint density at radius 2 is 2.43 bits per heavy atom. The van der Waals surface area contributed by atoms with E-state index in [1.807, 2.05) is 6.92 Å². The van der Waals surface area contributed by atoms with E-state index in [9.17, 15) is 0 Å². The van der Waals surface area contributed by atoms with Gasteiger partial charge in [-0.05, 0) is 6.92 Å². The summed E-state index contributed by atoms with van der Waals surface area (Å²) in [5.41, 5.74) is 4.78. The SMILES string of the molecule is CCN[NH+]([NH-])NN. The largest absolute Gasteiger partial charge is 0.426 e. The molecule has 5 nitrogen and oxygen atoms in total. The molecule has 1 unspecified atom stereocenters. The number of rotatable bonds is 3. The van der Waals surface area contributed by atoms with Crippen molar-refractivity contribution in [3.63, 3.8) is 0 Å². The van der Waals surface area contributed by atoms with Crippen LogP contribution in [0, 0.1) is 0 Å². The van der Waals surface area contributed by atoms with Crippen molar-refractivity contribution in [2.45, 2.75) is 6.92 Å². The lowest BCUT2D eigenvalue weighted by atomic mass is 10.8. The smallest absolute Gasteiger partial charge is 0.0429 e. The average Bonchev–Trinajstić information content (AvgIpc) is 1.68. The normalized spacial score (nSPS) is 14.1. The highest BCUT2D eigenvalue weighted by Gasteiger charge is 1.81.